The molecular formula is C21H22N4O2. The lowest BCUT2D eigenvalue weighted by Gasteiger charge is -2.26. The van der Waals surface area contributed by atoms with E-state index in [1.54, 1.807) is 12.3 Å². The van der Waals surface area contributed by atoms with Crippen molar-refractivity contribution in [2.75, 3.05) is 26.3 Å². The van der Waals surface area contributed by atoms with Crippen molar-refractivity contribution < 1.29 is 4.74 Å². The summed E-state index contributed by atoms with van der Waals surface area (Å²) in [6.07, 6.45) is 1.71. The zero-order chi connectivity index (χ0) is 18.6. The Morgan fingerprint density at radius 1 is 1.11 bits per heavy atom. The summed E-state index contributed by atoms with van der Waals surface area (Å²) in [5.74, 6) is 0.643. The van der Waals surface area contributed by atoms with Gasteiger partial charge in [0.2, 0.25) is 0 Å². The molecule has 0 bridgehead atoms. The number of nitrogens with zero attached hydrogens (tertiary/aromatic N) is 4. The van der Waals surface area contributed by atoms with Crippen molar-refractivity contribution in [1.29, 1.82) is 0 Å². The van der Waals surface area contributed by atoms with E-state index in [4.69, 9.17) is 9.72 Å². The largest absolute Gasteiger partial charge is 0.379 e. The van der Waals surface area contributed by atoms with Gasteiger partial charge in [-0.05, 0) is 24.6 Å². The van der Waals surface area contributed by atoms with Gasteiger partial charge >= 0.3 is 0 Å². The highest BCUT2D eigenvalue weighted by molar-refractivity contribution is 5.80. The van der Waals surface area contributed by atoms with Gasteiger partial charge in [-0.1, -0.05) is 42.0 Å². The molecule has 4 rings (SSSR count). The lowest BCUT2D eigenvalue weighted by Crippen LogP contribution is -2.37. The molecule has 0 spiro atoms. The molecule has 0 aliphatic carbocycles. The second-order valence-electron chi connectivity index (χ2n) is 6.71. The first-order valence-electron chi connectivity index (χ1n) is 9.12. The van der Waals surface area contributed by atoms with Crippen LogP contribution in [0.25, 0.3) is 10.9 Å². The molecule has 27 heavy (non-hydrogen) atoms. The minimum Gasteiger partial charge on any atom is -0.379 e. The molecule has 0 radical (unpaired) electrons. The first kappa shape index (κ1) is 17.6. The highest BCUT2D eigenvalue weighted by atomic mass is 16.5. The number of fused-ring (bicyclic) bond motifs is 1. The van der Waals surface area contributed by atoms with Crippen LogP contribution in [0.15, 0.2) is 58.4 Å². The maximum absolute atomic E-state index is 13.0. The Hall–Kier alpha value is -2.83. The van der Waals surface area contributed by atoms with Crippen LogP contribution in [0.2, 0.25) is 0 Å². The van der Waals surface area contributed by atoms with E-state index >= 15 is 0 Å². The van der Waals surface area contributed by atoms with Gasteiger partial charge in [-0.15, -0.1) is 0 Å². The first-order valence-corrected chi connectivity index (χ1v) is 9.12. The molecule has 2 heterocycles. The van der Waals surface area contributed by atoms with Crippen molar-refractivity contribution in [3.05, 3.63) is 75.8 Å². The molecule has 0 unspecified atom stereocenters. The number of hydrogen-bond acceptors (Lipinski definition) is 5. The molecule has 2 aromatic carbocycles. The molecule has 6 nitrogen and oxygen atoms in total. The van der Waals surface area contributed by atoms with Crippen LogP contribution in [0.1, 0.15) is 17.0 Å². The van der Waals surface area contributed by atoms with Crippen molar-refractivity contribution >= 4 is 17.1 Å². The molecule has 0 N–H and O–H groups in total. The quantitative estimate of drug-likeness (QED) is 0.669. The van der Waals surface area contributed by atoms with Crippen molar-refractivity contribution in [3.8, 4) is 0 Å². The third-order valence-electron chi connectivity index (χ3n) is 4.69. The van der Waals surface area contributed by atoms with E-state index < -0.39 is 0 Å². The van der Waals surface area contributed by atoms with Gasteiger partial charge in [0.05, 0.1) is 36.9 Å². The van der Waals surface area contributed by atoms with Gasteiger partial charge < -0.3 is 4.74 Å². The normalized spacial score (nSPS) is 15.6. The lowest BCUT2D eigenvalue weighted by molar-refractivity contribution is 0.0325. The zero-order valence-corrected chi connectivity index (χ0v) is 15.3. The summed E-state index contributed by atoms with van der Waals surface area (Å²) >= 11 is 0. The lowest BCUT2D eigenvalue weighted by atomic mass is 10.2. The third-order valence-corrected chi connectivity index (χ3v) is 4.69. The van der Waals surface area contributed by atoms with E-state index in [1.807, 2.05) is 49.4 Å². The molecule has 138 valence electrons. The van der Waals surface area contributed by atoms with Crippen molar-refractivity contribution in [2.24, 2.45) is 5.10 Å². The van der Waals surface area contributed by atoms with E-state index in [2.05, 4.69) is 10.0 Å². The number of morpholine rings is 1. The van der Waals surface area contributed by atoms with Gasteiger partial charge in [-0.2, -0.15) is 9.78 Å². The smallest absolute Gasteiger partial charge is 0.282 e. The summed E-state index contributed by atoms with van der Waals surface area (Å²) in [5, 5.41) is 5.05. The maximum Gasteiger partial charge on any atom is 0.282 e. The van der Waals surface area contributed by atoms with Gasteiger partial charge in [0, 0.05) is 13.1 Å². The van der Waals surface area contributed by atoms with Crippen molar-refractivity contribution in [3.63, 3.8) is 0 Å². The Kier molecular flexibility index (Phi) is 5.09. The average Bonchev–Trinajstić information content (AvgIpc) is 2.70. The molecule has 6 heteroatoms. The van der Waals surface area contributed by atoms with Crippen molar-refractivity contribution in [1.82, 2.24) is 14.6 Å². The summed E-state index contributed by atoms with van der Waals surface area (Å²) in [5.41, 5.74) is 2.68. The number of hydrogen-bond donors (Lipinski definition) is 0. The highest BCUT2D eigenvalue weighted by Crippen LogP contribution is 2.11. The average molecular weight is 362 g/mol. The summed E-state index contributed by atoms with van der Waals surface area (Å²) in [6.45, 7) is 5.65. The van der Waals surface area contributed by atoms with E-state index in [9.17, 15) is 4.79 Å². The summed E-state index contributed by atoms with van der Waals surface area (Å²) < 4.78 is 6.84. The Balaban J connectivity index is 1.75. The van der Waals surface area contributed by atoms with Gasteiger partial charge in [-0.3, -0.25) is 9.69 Å². The predicted molar refractivity (Wildman–Crippen MR) is 106 cm³/mol. The number of benzene rings is 2. The summed E-state index contributed by atoms with van der Waals surface area (Å²) in [7, 11) is 0. The maximum atomic E-state index is 13.0. The minimum atomic E-state index is -0.146. The summed E-state index contributed by atoms with van der Waals surface area (Å²) in [6, 6.07) is 15.4. The molecule has 0 amide bonds. The molecule has 1 fully saturated rings. The molecule has 1 saturated heterocycles. The van der Waals surface area contributed by atoms with Crippen LogP contribution in [0.3, 0.4) is 0 Å². The summed E-state index contributed by atoms with van der Waals surface area (Å²) in [4.78, 5) is 20.0. The zero-order valence-electron chi connectivity index (χ0n) is 15.3. The van der Waals surface area contributed by atoms with Crippen LogP contribution in [0.4, 0.5) is 0 Å². The van der Waals surface area contributed by atoms with Gasteiger partial charge in [-0.25, -0.2) is 4.98 Å². The van der Waals surface area contributed by atoms with E-state index in [-0.39, 0.29) is 5.56 Å². The van der Waals surface area contributed by atoms with Crippen LogP contribution < -0.4 is 5.56 Å². The van der Waals surface area contributed by atoms with Crippen LogP contribution in [0.5, 0.6) is 0 Å². The Bertz CT molecular complexity index is 1020. The molecule has 1 aromatic heterocycles. The predicted octanol–water partition coefficient (Wildman–Crippen LogP) is 2.42. The second-order valence-corrected chi connectivity index (χ2v) is 6.71. The number of rotatable bonds is 4. The molecule has 1 aliphatic heterocycles. The molecule has 0 atom stereocenters. The van der Waals surface area contributed by atoms with Gasteiger partial charge in [0.15, 0.2) is 0 Å². The van der Waals surface area contributed by atoms with Crippen LogP contribution in [-0.4, -0.2) is 47.1 Å². The fourth-order valence-electron chi connectivity index (χ4n) is 3.13. The minimum absolute atomic E-state index is 0.146. The first-order chi connectivity index (χ1) is 13.2. The molecule has 3 aromatic rings. The van der Waals surface area contributed by atoms with Crippen LogP contribution in [-0.2, 0) is 11.3 Å². The molecule has 0 saturated carbocycles. The fourth-order valence-corrected chi connectivity index (χ4v) is 3.13. The number of aryl methyl sites for hydroxylation is 1. The molecule has 1 aliphatic rings. The van der Waals surface area contributed by atoms with Crippen molar-refractivity contribution in [2.45, 2.75) is 13.5 Å². The standard InChI is InChI=1S/C21H22N4O2/c1-16-6-8-17(9-7-16)14-22-25-20(15-24-10-12-27-13-11-24)23-19-5-3-2-4-18(19)21(25)26/h2-9,14H,10-13,15H2,1H3/b22-14+. The van der Waals surface area contributed by atoms with E-state index in [0.29, 0.717) is 36.5 Å². The molecular weight excluding hydrogens is 340 g/mol. The van der Waals surface area contributed by atoms with Gasteiger partial charge in [0.25, 0.3) is 5.56 Å². The highest BCUT2D eigenvalue weighted by Gasteiger charge is 2.16. The van der Waals surface area contributed by atoms with E-state index in [0.717, 1.165) is 18.7 Å². The SMILES string of the molecule is Cc1ccc(/C=N/n2c(CN3CCOCC3)nc3ccccc3c2=O)cc1. The van der Waals surface area contributed by atoms with Crippen LogP contribution in [0, 0.1) is 6.92 Å². The number of para-hydroxylation sites is 1. The number of ether oxygens (including phenoxy) is 1. The Morgan fingerprint density at radius 3 is 2.63 bits per heavy atom. The fraction of sp³-hybridized carbons (Fsp3) is 0.286. The number of aromatic nitrogens is 2. The topological polar surface area (TPSA) is 59.7 Å². The third kappa shape index (κ3) is 3.97. The van der Waals surface area contributed by atoms with E-state index in [1.165, 1.54) is 10.2 Å². The monoisotopic (exact) mass is 362 g/mol. The van der Waals surface area contributed by atoms with Gasteiger partial charge in [0.1, 0.15) is 5.82 Å². The Labute approximate surface area is 157 Å². The Morgan fingerprint density at radius 2 is 1.85 bits per heavy atom. The second kappa shape index (κ2) is 7.82. The van der Waals surface area contributed by atoms with Crippen LogP contribution >= 0.6 is 0 Å².